The molecule has 0 aliphatic carbocycles. The molecule has 0 aromatic carbocycles. The van der Waals surface area contributed by atoms with Crippen molar-refractivity contribution in [2.75, 3.05) is 26.9 Å². The Labute approximate surface area is 76.3 Å². The Morgan fingerprint density at radius 3 is 2.33 bits per heavy atom. The van der Waals surface area contributed by atoms with Gasteiger partial charge in [0, 0.05) is 26.9 Å². The van der Waals surface area contributed by atoms with Crippen LogP contribution < -0.4 is 0 Å². The van der Waals surface area contributed by atoms with E-state index >= 15 is 0 Å². The standard InChI is InChI=1S/C10H22O2/c1-5-12-8-10(9(2)3)6-7-11-4/h9-10H,5-8H2,1-4H3. The van der Waals surface area contributed by atoms with Crippen LogP contribution in [0.5, 0.6) is 0 Å². The van der Waals surface area contributed by atoms with Gasteiger partial charge in [-0.2, -0.15) is 0 Å². The van der Waals surface area contributed by atoms with Crippen LogP contribution in [0.4, 0.5) is 0 Å². The summed E-state index contributed by atoms with van der Waals surface area (Å²) in [7, 11) is 1.75. The molecule has 1 unspecified atom stereocenters. The fourth-order valence-corrected chi connectivity index (χ4v) is 1.15. The number of ether oxygens (including phenoxy) is 2. The number of rotatable bonds is 7. The quantitative estimate of drug-likeness (QED) is 0.589. The summed E-state index contributed by atoms with van der Waals surface area (Å²) in [5.74, 6) is 1.33. The molecule has 0 fully saturated rings. The van der Waals surface area contributed by atoms with E-state index in [1.165, 1.54) is 0 Å². The summed E-state index contributed by atoms with van der Waals surface area (Å²) in [6, 6.07) is 0. The van der Waals surface area contributed by atoms with E-state index in [-0.39, 0.29) is 0 Å². The van der Waals surface area contributed by atoms with Gasteiger partial charge >= 0.3 is 0 Å². The zero-order valence-electron chi connectivity index (χ0n) is 8.80. The van der Waals surface area contributed by atoms with Gasteiger partial charge in [-0.25, -0.2) is 0 Å². The highest BCUT2D eigenvalue weighted by atomic mass is 16.5. The predicted octanol–water partition coefficient (Wildman–Crippen LogP) is 2.33. The van der Waals surface area contributed by atoms with E-state index in [2.05, 4.69) is 13.8 Å². The van der Waals surface area contributed by atoms with Gasteiger partial charge in [0.05, 0.1) is 0 Å². The van der Waals surface area contributed by atoms with E-state index in [0.29, 0.717) is 11.8 Å². The van der Waals surface area contributed by atoms with Gasteiger partial charge in [-0.05, 0) is 25.2 Å². The Bertz CT molecular complexity index is 83.8. The maximum atomic E-state index is 5.40. The summed E-state index contributed by atoms with van der Waals surface area (Å²) >= 11 is 0. The van der Waals surface area contributed by atoms with Crippen LogP contribution in [0.15, 0.2) is 0 Å². The lowest BCUT2D eigenvalue weighted by Gasteiger charge is -2.19. The predicted molar refractivity (Wildman–Crippen MR) is 51.3 cm³/mol. The Hall–Kier alpha value is -0.0800. The second-order valence-corrected chi connectivity index (χ2v) is 3.45. The minimum Gasteiger partial charge on any atom is -0.385 e. The van der Waals surface area contributed by atoms with Crippen molar-refractivity contribution in [2.45, 2.75) is 27.2 Å². The van der Waals surface area contributed by atoms with Crippen LogP contribution in [0.25, 0.3) is 0 Å². The van der Waals surface area contributed by atoms with Gasteiger partial charge in [-0.1, -0.05) is 13.8 Å². The van der Waals surface area contributed by atoms with Crippen molar-refractivity contribution >= 4 is 0 Å². The molecular weight excluding hydrogens is 152 g/mol. The minimum absolute atomic E-state index is 0.643. The van der Waals surface area contributed by atoms with Crippen molar-refractivity contribution in [3.63, 3.8) is 0 Å². The molecule has 0 aliphatic rings. The van der Waals surface area contributed by atoms with E-state index in [1.54, 1.807) is 7.11 Å². The van der Waals surface area contributed by atoms with Gasteiger partial charge in [0.25, 0.3) is 0 Å². The van der Waals surface area contributed by atoms with Crippen LogP contribution in [-0.2, 0) is 9.47 Å². The molecule has 0 amide bonds. The Balaban J connectivity index is 3.55. The lowest BCUT2D eigenvalue weighted by molar-refractivity contribution is 0.0716. The minimum atomic E-state index is 0.643. The van der Waals surface area contributed by atoms with Crippen LogP contribution in [0, 0.1) is 11.8 Å². The van der Waals surface area contributed by atoms with Gasteiger partial charge in [-0.15, -0.1) is 0 Å². The summed E-state index contributed by atoms with van der Waals surface area (Å²) in [4.78, 5) is 0. The SMILES string of the molecule is CCOCC(CCOC)C(C)C. The first-order chi connectivity index (χ1) is 5.72. The highest BCUT2D eigenvalue weighted by Crippen LogP contribution is 2.15. The second kappa shape index (κ2) is 7.56. The molecule has 2 nitrogen and oxygen atoms in total. The average molecular weight is 174 g/mol. The summed E-state index contributed by atoms with van der Waals surface area (Å²) in [6.45, 7) is 9.04. The van der Waals surface area contributed by atoms with Crippen LogP contribution in [0.3, 0.4) is 0 Å². The molecule has 0 saturated heterocycles. The monoisotopic (exact) mass is 174 g/mol. The van der Waals surface area contributed by atoms with Gasteiger partial charge in [-0.3, -0.25) is 0 Å². The molecule has 0 bridgehead atoms. The van der Waals surface area contributed by atoms with Gasteiger partial charge in [0.15, 0.2) is 0 Å². The van der Waals surface area contributed by atoms with Crippen molar-refractivity contribution in [3.8, 4) is 0 Å². The molecular formula is C10H22O2. The third-order valence-corrected chi connectivity index (χ3v) is 2.17. The number of hydrogen-bond donors (Lipinski definition) is 0. The molecule has 0 heterocycles. The summed E-state index contributed by atoms with van der Waals surface area (Å²) in [6.07, 6.45) is 1.11. The van der Waals surface area contributed by atoms with E-state index in [0.717, 1.165) is 26.2 Å². The van der Waals surface area contributed by atoms with Crippen molar-refractivity contribution in [1.29, 1.82) is 0 Å². The lowest BCUT2D eigenvalue weighted by Crippen LogP contribution is -2.17. The third-order valence-electron chi connectivity index (χ3n) is 2.17. The molecule has 1 atom stereocenters. The zero-order chi connectivity index (χ0) is 9.40. The van der Waals surface area contributed by atoms with Gasteiger partial charge < -0.3 is 9.47 Å². The summed E-state index contributed by atoms with van der Waals surface area (Å²) in [5.41, 5.74) is 0. The second-order valence-electron chi connectivity index (χ2n) is 3.45. The van der Waals surface area contributed by atoms with Crippen LogP contribution >= 0.6 is 0 Å². The molecule has 2 heteroatoms. The molecule has 0 radical (unpaired) electrons. The normalized spacial score (nSPS) is 13.8. The molecule has 0 N–H and O–H groups in total. The molecule has 0 aromatic rings. The summed E-state index contributed by atoms with van der Waals surface area (Å²) in [5, 5.41) is 0. The van der Waals surface area contributed by atoms with Gasteiger partial charge in [0.1, 0.15) is 0 Å². The summed E-state index contributed by atoms with van der Waals surface area (Å²) < 4.78 is 10.4. The molecule has 0 aromatic heterocycles. The number of hydrogen-bond acceptors (Lipinski definition) is 2. The maximum Gasteiger partial charge on any atom is 0.0497 e. The first kappa shape index (κ1) is 11.9. The van der Waals surface area contributed by atoms with E-state index in [9.17, 15) is 0 Å². The number of methoxy groups -OCH3 is 1. The fourth-order valence-electron chi connectivity index (χ4n) is 1.15. The van der Waals surface area contributed by atoms with E-state index < -0.39 is 0 Å². The Morgan fingerprint density at radius 2 is 1.92 bits per heavy atom. The first-order valence-electron chi connectivity index (χ1n) is 4.79. The van der Waals surface area contributed by atoms with Crippen molar-refractivity contribution in [3.05, 3.63) is 0 Å². The molecule has 0 rings (SSSR count). The van der Waals surface area contributed by atoms with Crippen LogP contribution in [0.1, 0.15) is 27.2 Å². The van der Waals surface area contributed by atoms with Gasteiger partial charge in [0.2, 0.25) is 0 Å². The molecule has 74 valence electrons. The highest BCUT2D eigenvalue weighted by Gasteiger charge is 2.12. The maximum absolute atomic E-state index is 5.40. The first-order valence-corrected chi connectivity index (χ1v) is 4.79. The lowest BCUT2D eigenvalue weighted by atomic mass is 9.94. The Kier molecular flexibility index (Phi) is 7.51. The molecule has 0 spiro atoms. The topological polar surface area (TPSA) is 18.5 Å². The molecule has 12 heavy (non-hydrogen) atoms. The Morgan fingerprint density at radius 1 is 1.25 bits per heavy atom. The van der Waals surface area contributed by atoms with E-state index in [1.807, 2.05) is 6.92 Å². The van der Waals surface area contributed by atoms with Crippen molar-refractivity contribution in [1.82, 2.24) is 0 Å². The zero-order valence-corrected chi connectivity index (χ0v) is 8.80. The average Bonchev–Trinajstić information content (AvgIpc) is 2.04. The van der Waals surface area contributed by atoms with Crippen LogP contribution in [-0.4, -0.2) is 26.9 Å². The molecule has 0 saturated carbocycles. The van der Waals surface area contributed by atoms with Crippen molar-refractivity contribution in [2.24, 2.45) is 11.8 Å². The van der Waals surface area contributed by atoms with Crippen LogP contribution in [0.2, 0.25) is 0 Å². The fraction of sp³-hybridized carbons (Fsp3) is 1.00. The third kappa shape index (κ3) is 5.56. The highest BCUT2D eigenvalue weighted by molar-refractivity contribution is 4.61. The molecule has 0 aliphatic heterocycles. The van der Waals surface area contributed by atoms with Crippen molar-refractivity contribution < 1.29 is 9.47 Å². The largest absolute Gasteiger partial charge is 0.385 e. The van der Waals surface area contributed by atoms with E-state index in [4.69, 9.17) is 9.47 Å². The smallest absolute Gasteiger partial charge is 0.0497 e.